The standard InChI is InChI=1S/C17H23N3S/c1-19(11-14-6-9-21-13-14)12-16-5-8-20(2)17(16)15-4-3-7-18-10-15/h3-4,6-7,9-10,13,16-17H,5,8,11-12H2,1-2H3/t16-,17-/m0/s1. The molecule has 21 heavy (non-hydrogen) atoms. The number of pyridine rings is 1. The normalized spacial score (nSPS) is 23.0. The zero-order valence-corrected chi connectivity index (χ0v) is 13.6. The second-order valence-electron chi connectivity index (χ2n) is 6.09. The van der Waals surface area contributed by atoms with Crippen molar-refractivity contribution in [2.45, 2.75) is 19.0 Å². The number of hydrogen-bond acceptors (Lipinski definition) is 4. The average Bonchev–Trinajstić information content (AvgIpc) is 3.10. The Labute approximate surface area is 131 Å². The van der Waals surface area contributed by atoms with Crippen molar-refractivity contribution < 1.29 is 0 Å². The molecule has 0 bridgehead atoms. The molecule has 1 aliphatic rings. The van der Waals surface area contributed by atoms with Crippen LogP contribution < -0.4 is 0 Å². The largest absolute Gasteiger partial charge is 0.302 e. The predicted octanol–water partition coefficient (Wildman–Crippen LogP) is 3.27. The van der Waals surface area contributed by atoms with Gasteiger partial charge in [-0.2, -0.15) is 11.3 Å². The fourth-order valence-corrected chi connectivity index (χ4v) is 4.11. The maximum atomic E-state index is 4.30. The molecule has 0 spiro atoms. The molecule has 0 aromatic carbocycles. The van der Waals surface area contributed by atoms with E-state index in [0.717, 1.165) is 13.1 Å². The monoisotopic (exact) mass is 301 g/mol. The first-order valence-corrected chi connectivity index (χ1v) is 8.48. The van der Waals surface area contributed by atoms with Gasteiger partial charge in [0.2, 0.25) is 0 Å². The van der Waals surface area contributed by atoms with Crippen LogP contribution in [0, 0.1) is 5.92 Å². The molecule has 1 saturated heterocycles. The van der Waals surface area contributed by atoms with Crippen molar-refractivity contribution in [2.24, 2.45) is 5.92 Å². The molecular weight excluding hydrogens is 278 g/mol. The summed E-state index contributed by atoms with van der Waals surface area (Å²) < 4.78 is 0. The van der Waals surface area contributed by atoms with Crippen molar-refractivity contribution in [3.8, 4) is 0 Å². The molecule has 0 amide bonds. The zero-order chi connectivity index (χ0) is 14.7. The van der Waals surface area contributed by atoms with Crippen LogP contribution in [-0.4, -0.2) is 42.0 Å². The number of nitrogens with zero attached hydrogens (tertiary/aromatic N) is 3. The van der Waals surface area contributed by atoms with Crippen LogP contribution in [0.2, 0.25) is 0 Å². The molecule has 112 valence electrons. The summed E-state index contributed by atoms with van der Waals surface area (Å²) in [5.74, 6) is 0.683. The van der Waals surface area contributed by atoms with Gasteiger partial charge >= 0.3 is 0 Å². The first-order chi connectivity index (χ1) is 10.2. The summed E-state index contributed by atoms with van der Waals surface area (Å²) in [6, 6.07) is 6.99. The Bertz CT molecular complexity index is 540. The minimum atomic E-state index is 0.503. The van der Waals surface area contributed by atoms with Gasteiger partial charge < -0.3 is 4.90 Å². The molecule has 0 unspecified atom stereocenters. The number of aromatic nitrogens is 1. The van der Waals surface area contributed by atoms with E-state index in [1.807, 2.05) is 18.5 Å². The Morgan fingerprint density at radius 2 is 2.33 bits per heavy atom. The molecule has 3 nitrogen and oxygen atoms in total. The lowest BCUT2D eigenvalue weighted by Gasteiger charge is -2.28. The molecule has 4 heteroatoms. The number of thiophene rings is 1. The minimum absolute atomic E-state index is 0.503. The van der Waals surface area contributed by atoms with E-state index in [-0.39, 0.29) is 0 Å². The maximum absolute atomic E-state index is 4.30. The zero-order valence-electron chi connectivity index (χ0n) is 12.8. The van der Waals surface area contributed by atoms with Crippen LogP contribution in [0.15, 0.2) is 41.4 Å². The lowest BCUT2D eigenvalue weighted by molar-refractivity contribution is 0.214. The number of hydrogen-bond donors (Lipinski definition) is 0. The number of likely N-dealkylation sites (tertiary alicyclic amines) is 1. The van der Waals surface area contributed by atoms with E-state index in [1.54, 1.807) is 11.3 Å². The van der Waals surface area contributed by atoms with E-state index in [4.69, 9.17) is 0 Å². The highest BCUT2D eigenvalue weighted by atomic mass is 32.1. The van der Waals surface area contributed by atoms with Crippen molar-refractivity contribution in [2.75, 3.05) is 27.2 Å². The summed E-state index contributed by atoms with van der Waals surface area (Å²) in [5.41, 5.74) is 2.78. The first kappa shape index (κ1) is 14.7. The van der Waals surface area contributed by atoms with Crippen LogP contribution in [0.3, 0.4) is 0 Å². The molecule has 0 radical (unpaired) electrons. The molecule has 1 aliphatic heterocycles. The highest BCUT2D eigenvalue weighted by molar-refractivity contribution is 7.07. The number of rotatable bonds is 5. The second-order valence-corrected chi connectivity index (χ2v) is 6.87. The van der Waals surface area contributed by atoms with E-state index in [9.17, 15) is 0 Å². The molecule has 0 aliphatic carbocycles. The Hall–Kier alpha value is -1.23. The fourth-order valence-electron chi connectivity index (χ4n) is 3.45. The van der Waals surface area contributed by atoms with E-state index in [1.165, 1.54) is 24.1 Å². The van der Waals surface area contributed by atoms with Gasteiger partial charge in [-0.15, -0.1) is 0 Å². The van der Waals surface area contributed by atoms with Crippen molar-refractivity contribution in [1.82, 2.24) is 14.8 Å². The van der Waals surface area contributed by atoms with Gasteiger partial charge in [0.05, 0.1) is 0 Å². The summed E-state index contributed by atoms with van der Waals surface area (Å²) in [6.45, 7) is 3.36. The van der Waals surface area contributed by atoms with Gasteiger partial charge in [-0.25, -0.2) is 0 Å². The highest BCUT2D eigenvalue weighted by Crippen LogP contribution is 2.36. The summed E-state index contributed by atoms with van der Waals surface area (Å²) in [6.07, 6.45) is 5.15. The molecule has 1 fully saturated rings. The molecule has 2 atom stereocenters. The molecule has 0 saturated carbocycles. The third kappa shape index (κ3) is 3.51. The molecule has 2 aromatic heterocycles. The SMILES string of the molecule is CN(Cc1ccsc1)C[C@@H]1CCN(C)[C@H]1c1cccnc1. The van der Waals surface area contributed by atoms with Crippen LogP contribution in [0.25, 0.3) is 0 Å². The third-order valence-electron chi connectivity index (χ3n) is 4.38. The quantitative estimate of drug-likeness (QED) is 0.845. The van der Waals surface area contributed by atoms with Gasteiger partial charge in [0.15, 0.2) is 0 Å². The van der Waals surface area contributed by atoms with E-state index in [0.29, 0.717) is 12.0 Å². The summed E-state index contributed by atoms with van der Waals surface area (Å²) in [4.78, 5) is 9.23. The maximum Gasteiger partial charge on any atom is 0.0401 e. The fraction of sp³-hybridized carbons (Fsp3) is 0.471. The van der Waals surface area contributed by atoms with Crippen molar-refractivity contribution in [1.29, 1.82) is 0 Å². The van der Waals surface area contributed by atoms with Crippen LogP contribution in [0.1, 0.15) is 23.6 Å². The summed E-state index contributed by atoms with van der Waals surface area (Å²) in [5, 5.41) is 4.40. The van der Waals surface area contributed by atoms with Gasteiger partial charge in [0, 0.05) is 31.5 Å². The van der Waals surface area contributed by atoms with Crippen molar-refractivity contribution >= 4 is 11.3 Å². The topological polar surface area (TPSA) is 19.4 Å². The lowest BCUT2D eigenvalue weighted by atomic mass is 9.94. The van der Waals surface area contributed by atoms with Gasteiger partial charge in [-0.1, -0.05) is 6.07 Å². The predicted molar refractivity (Wildman–Crippen MR) is 88.4 cm³/mol. The second kappa shape index (κ2) is 6.69. The van der Waals surface area contributed by atoms with Gasteiger partial charge in [0.1, 0.15) is 0 Å². The van der Waals surface area contributed by atoms with Gasteiger partial charge in [-0.05, 0) is 67.0 Å². The Kier molecular flexibility index (Phi) is 4.68. The Balaban J connectivity index is 1.66. The Morgan fingerprint density at radius 1 is 1.43 bits per heavy atom. The van der Waals surface area contributed by atoms with E-state index < -0.39 is 0 Å². The highest BCUT2D eigenvalue weighted by Gasteiger charge is 2.33. The van der Waals surface area contributed by atoms with Crippen LogP contribution >= 0.6 is 11.3 Å². The molecule has 3 heterocycles. The summed E-state index contributed by atoms with van der Waals surface area (Å²) in [7, 11) is 4.47. The van der Waals surface area contributed by atoms with Crippen LogP contribution in [0.4, 0.5) is 0 Å². The van der Waals surface area contributed by atoms with Crippen LogP contribution in [0.5, 0.6) is 0 Å². The molecule has 3 rings (SSSR count). The van der Waals surface area contributed by atoms with Gasteiger partial charge in [0.25, 0.3) is 0 Å². The van der Waals surface area contributed by atoms with Crippen LogP contribution in [-0.2, 0) is 6.54 Å². The van der Waals surface area contributed by atoms with Crippen molar-refractivity contribution in [3.05, 3.63) is 52.5 Å². The average molecular weight is 301 g/mol. The van der Waals surface area contributed by atoms with Gasteiger partial charge in [-0.3, -0.25) is 9.88 Å². The Morgan fingerprint density at radius 3 is 3.05 bits per heavy atom. The third-order valence-corrected chi connectivity index (χ3v) is 5.11. The summed E-state index contributed by atoms with van der Waals surface area (Å²) >= 11 is 1.78. The minimum Gasteiger partial charge on any atom is -0.302 e. The molecule has 2 aromatic rings. The van der Waals surface area contributed by atoms with E-state index >= 15 is 0 Å². The first-order valence-electron chi connectivity index (χ1n) is 7.54. The van der Waals surface area contributed by atoms with Crippen molar-refractivity contribution in [3.63, 3.8) is 0 Å². The molecule has 0 N–H and O–H groups in total. The van der Waals surface area contributed by atoms with E-state index in [2.05, 4.69) is 51.8 Å². The smallest absolute Gasteiger partial charge is 0.0401 e. The molecular formula is C17H23N3S. The lowest BCUT2D eigenvalue weighted by Crippen LogP contribution is -2.29.